The predicted molar refractivity (Wildman–Crippen MR) is 68.7 cm³/mol. The molecule has 1 aliphatic carbocycles. The summed E-state index contributed by atoms with van der Waals surface area (Å²) >= 11 is 0. The molecule has 2 N–H and O–H groups in total. The molecule has 2 unspecified atom stereocenters. The zero-order valence-electron chi connectivity index (χ0n) is 10.6. The Bertz CT molecular complexity index is 528. The zero-order chi connectivity index (χ0) is 13.7. The van der Waals surface area contributed by atoms with Crippen molar-refractivity contribution in [2.45, 2.75) is 19.8 Å². The van der Waals surface area contributed by atoms with Gasteiger partial charge in [-0.3, -0.25) is 9.59 Å². The monoisotopic (exact) mass is 262 g/mol. The minimum Gasteiger partial charge on any atom is -0.397 e. The Hall–Kier alpha value is -1.91. The average molecular weight is 262 g/mol. The van der Waals surface area contributed by atoms with Crippen LogP contribution in [0.1, 0.15) is 19.8 Å². The third-order valence-electron chi connectivity index (χ3n) is 4.12. The summed E-state index contributed by atoms with van der Waals surface area (Å²) in [6.45, 7) is 2.03. The molecular formula is C14H15FN2O2. The molecule has 2 amide bonds. The van der Waals surface area contributed by atoms with Gasteiger partial charge in [-0.05, 0) is 30.9 Å². The number of hydrogen-bond acceptors (Lipinski definition) is 3. The number of fused-ring (bicyclic) bond motifs is 1. The Morgan fingerprint density at radius 3 is 2.32 bits per heavy atom. The average Bonchev–Trinajstić information content (AvgIpc) is 2.82. The highest BCUT2D eigenvalue weighted by molar-refractivity contribution is 6.23. The number of carbonyl (C=O) groups excluding carboxylic acids is 2. The minimum atomic E-state index is -0.630. The molecule has 5 heteroatoms. The first-order valence-corrected chi connectivity index (χ1v) is 6.42. The number of hydrogen-bond donors (Lipinski definition) is 1. The van der Waals surface area contributed by atoms with Crippen LogP contribution < -0.4 is 10.6 Å². The van der Waals surface area contributed by atoms with Crippen molar-refractivity contribution in [3.8, 4) is 0 Å². The summed E-state index contributed by atoms with van der Waals surface area (Å²) in [4.78, 5) is 25.6. The van der Waals surface area contributed by atoms with Crippen LogP contribution in [0.2, 0.25) is 0 Å². The van der Waals surface area contributed by atoms with Crippen LogP contribution in [-0.4, -0.2) is 11.8 Å². The van der Waals surface area contributed by atoms with Gasteiger partial charge < -0.3 is 5.73 Å². The molecule has 1 saturated heterocycles. The van der Waals surface area contributed by atoms with Crippen LogP contribution in [0.5, 0.6) is 0 Å². The van der Waals surface area contributed by atoms with E-state index in [4.69, 9.17) is 5.73 Å². The minimum absolute atomic E-state index is 0.0837. The van der Waals surface area contributed by atoms with Crippen LogP contribution in [0.3, 0.4) is 0 Å². The number of nitrogens with zero attached hydrogens (tertiary/aromatic N) is 1. The van der Waals surface area contributed by atoms with E-state index in [1.54, 1.807) is 0 Å². The Kier molecular flexibility index (Phi) is 2.59. The van der Waals surface area contributed by atoms with Gasteiger partial charge in [-0.2, -0.15) is 0 Å². The first-order chi connectivity index (χ1) is 9.00. The molecule has 1 saturated carbocycles. The third-order valence-corrected chi connectivity index (χ3v) is 4.12. The number of carbonyl (C=O) groups is 2. The molecule has 100 valence electrons. The highest BCUT2D eigenvalue weighted by Gasteiger charge is 2.53. The highest BCUT2D eigenvalue weighted by atomic mass is 19.1. The number of imide groups is 1. The number of rotatable bonds is 1. The van der Waals surface area contributed by atoms with Crippen molar-refractivity contribution in [1.82, 2.24) is 0 Å². The van der Waals surface area contributed by atoms with Gasteiger partial charge in [-0.1, -0.05) is 13.0 Å². The second kappa shape index (κ2) is 4.05. The Morgan fingerprint density at radius 1 is 1.21 bits per heavy atom. The molecule has 4 nitrogen and oxygen atoms in total. The fraction of sp³-hybridized carbons (Fsp3) is 0.429. The van der Waals surface area contributed by atoms with E-state index in [-0.39, 0.29) is 35.0 Å². The standard InChI is InChI=1S/C14H15FN2O2/c1-7-5-8-9(6-7)14(19)17(13(8)18)12-10(15)3-2-4-11(12)16/h2-4,7-9H,5-6,16H2,1H3. The van der Waals surface area contributed by atoms with E-state index in [0.29, 0.717) is 18.8 Å². The molecule has 0 spiro atoms. The molecular weight excluding hydrogens is 247 g/mol. The molecule has 0 bridgehead atoms. The van der Waals surface area contributed by atoms with E-state index in [1.807, 2.05) is 6.92 Å². The van der Waals surface area contributed by atoms with Crippen LogP contribution >= 0.6 is 0 Å². The summed E-state index contributed by atoms with van der Waals surface area (Å²) in [5.41, 5.74) is 5.75. The molecule has 19 heavy (non-hydrogen) atoms. The van der Waals surface area contributed by atoms with Crippen molar-refractivity contribution in [1.29, 1.82) is 0 Å². The van der Waals surface area contributed by atoms with Crippen LogP contribution in [0.25, 0.3) is 0 Å². The first-order valence-electron chi connectivity index (χ1n) is 6.42. The van der Waals surface area contributed by atoms with Crippen LogP contribution in [0, 0.1) is 23.6 Å². The van der Waals surface area contributed by atoms with Gasteiger partial charge in [0.25, 0.3) is 0 Å². The number of para-hydroxylation sites is 1. The summed E-state index contributed by atoms with van der Waals surface area (Å²) < 4.78 is 13.9. The maximum atomic E-state index is 13.9. The number of anilines is 2. The normalized spacial score (nSPS) is 30.0. The lowest BCUT2D eigenvalue weighted by Gasteiger charge is -2.19. The third kappa shape index (κ3) is 1.64. The quantitative estimate of drug-likeness (QED) is 0.621. The Labute approximate surface area is 110 Å². The van der Waals surface area contributed by atoms with E-state index >= 15 is 0 Å². The molecule has 1 aliphatic heterocycles. The van der Waals surface area contributed by atoms with Crippen molar-refractivity contribution in [2.75, 3.05) is 10.6 Å². The topological polar surface area (TPSA) is 63.4 Å². The molecule has 3 rings (SSSR count). The van der Waals surface area contributed by atoms with E-state index in [9.17, 15) is 14.0 Å². The van der Waals surface area contributed by atoms with Crippen molar-refractivity contribution in [3.05, 3.63) is 24.0 Å². The zero-order valence-corrected chi connectivity index (χ0v) is 10.6. The van der Waals surface area contributed by atoms with Gasteiger partial charge in [0.05, 0.1) is 17.5 Å². The van der Waals surface area contributed by atoms with Crippen molar-refractivity contribution >= 4 is 23.2 Å². The van der Waals surface area contributed by atoms with Crippen LogP contribution in [0.15, 0.2) is 18.2 Å². The molecule has 2 atom stereocenters. The van der Waals surface area contributed by atoms with E-state index in [1.165, 1.54) is 18.2 Å². The fourth-order valence-electron chi connectivity index (χ4n) is 3.27. The van der Waals surface area contributed by atoms with Gasteiger partial charge in [0.1, 0.15) is 11.5 Å². The van der Waals surface area contributed by atoms with Gasteiger partial charge in [0.2, 0.25) is 11.8 Å². The predicted octanol–water partition coefficient (Wildman–Crippen LogP) is 1.94. The van der Waals surface area contributed by atoms with Crippen LogP contribution in [-0.2, 0) is 9.59 Å². The molecule has 1 heterocycles. The molecule has 0 aromatic heterocycles. The summed E-state index contributed by atoms with van der Waals surface area (Å²) in [6.07, 6.45) is 1.39. The highest BCUT2D eigenvalue weighted by Crippen LogP contribution is 2.45. The van der Waals surface area contributed by atoms with Crippen molar-refractivity contribution in [2.24, 2.45) is 17.8 Å². The lowest BCUT2D eigenvalue weighted by molar-refractivity contribution is -0.123. The summed E-state index contributed by atoms with van der Waals surface area (Å²) in [5.74, 6) is -1.49. The van der Waals surface area contributed by atoms with E-state index < -0.39 is 5.82 Å². The summed E-state index contributed by atoms with van der Waals surface area (Å²) in [6, 6.07) is 4.17. The maximum Gasteiger partial charge on any atom is 0.237 e. The van der Waals surface area contributed by atoms with Crippen molar-refractivity contribution in [3.63, 3.8) is 0 Å². The summed E-state index contributed by atoms with van der Waals surface area (Å²) in [7, 11) is 0. The number of nitrogen functional groups attached to an aromatic ring is 1. The van der Waals surface area contributed by atoms with E-state index in [0.717, 1.165) is 4.90 Å². The first kappa shape index (κ1) is 12.1. The van der Waals surface area contributed by atoms with Gasteiger partial charge in [0.15, 0.2) is 0 Å². The molecule has 1 aromatic carbocycles. The SMILES string of the molecule is CC1CC2C(=O)N(c3c(N)cccc3F)C(=O)C2C1. The smallest absolute Gasteiger partial charge is 0.237 e. The maximum absolute atomic E-state index is 13.9. The lowest BCUT2D eigenvalue weighted by atomic mass is 10.00. The van der Waals surface area contributed by atoms with Gasteiger partial charge in [0, 0.05) is 0 Å². The van der Waals surface area contributed by atoms with Crippen molar-refractivity contribution < 1.29 is 14.0 Å². The number of amides is 2. The summed E-state index contributed by atoms with van der Waals surface area (Å²) in [5, 5.41) is 0. The van der Waals surface area contributed by atoms with Gasteiger partial charge >= 0.3 is 0 Å². The number of benzene rings is 1. The molecule has 2 aliphatic rings. The Balaban J connectivity index is 2.04. The van der Waals surface area contributed by atoms with E-state index in [2.05, 4.69) is 0 Å². The molecule has 1 aromatic rings. The lowest BCUT2D eigenvalue weighted by Crippen LogP contribution is -2.33. The second-order valence-electron chi connectivity index (χ2n) is 5.48. The molecule has 0 radical (unpaired) electrons. The second-order valence-corrected chi connectivity index (χ2v) is 5.48. The number of nitrogens with two attached hydrogens (primary N) is 1. The van der Waals surface area contributed by atoms with Crippen LogP contribution in [0.4, 0.5) is 15.8 Å². The Morgan fingerprint density at radius 2 is 1.79 bits per heavy atom. The largest absolute Gasteiger partial charge is 0.397 e. The fourth-order valence-corrected chi connectivity index (χ4v) is 3.27. The van der Waals surface area contributed by atoms with Gasteiger partial charge in [-0.15, -0.1) is 0 Å². The van der Waals surface area contributed by atoms with Gasteiger partial charge in [-0.25, -0.2) is 9.29 Å². The molecule has 2 fully saturated rings. The number of halogens is 1.